The van der Waals surface area contributed by atoms with Gasteiger partial charge in [-0.15, -0.1) is 11.3 Å². The molecule has 27 heavy (non-hydrogen) atoms. The van der Waals surface area contributed by atoms with Gasteiger partial charge in [-0.25, -0.2) is 0 Å². The Morgan fingerprint density at radius 3 is 2.67 bits per heavy atom. The van der Waals surface area contributed by atoms with Crippen LogP contribution in [-0.4, -0.2) is 49.2 Å². The van der Waals surface area contributed by atoms with Gasteiger partial charge >= 0.3 is 0 Å². The average Bonchev–Trinajstić information content (AvgIpc) is 3.21. The summed E-state index contributed by atoms with van der Waals surface area (Å²) in [6.45, 7) is 6.08. The minimum absolute atomic E-state index is 0.163. The highest BCUT2D eigenvalue weighted by atomic mass is 32.1. The van der Waals surface area contributed by atoms with E-state index in [0.717, 1.165) is 69.0 Å². The zero-order chi connectivity index (χ0) is 18.8. The first-order chi connectivity index (χ1) is 13.2. The number of hydrogen-bond donors (Lipinski definition) is 2. The van der Waals surface area contributed by atoms with Gasteiger partial charge in [-0.1, -0.05) is 13.3 Å². The van der Waals surface area contributed by atoms with Crippen LogP contribution in [0.25, 0.3) is 0 Å². The molecule has 0 amide bonds. The van der Waals surface area contributed by atoms with Crippen molar-refractivity contribution in [3.63, 3.8) is 0 Å². The molecule has 1 aliphatic heterocycles. The number of rotatable bonds is 5. The number of nitrogens with zero attached hydrogens (tertiary/aromatic N) is 1. The van der Waals surface area contributed by atoms with Crippen molar-refractivity contribution in [2.45, 2.75) is 76.4 Å². The molecule has 3 N–H and O–H groups in total. The van der Waals surface area contributed by atoms with Gasteiger partial charge in [0.2, 0.25) is 5.90 Å². The number of fused-ring (bicyclic) bond motifs is 1. The molecule has 5 nitrogen and oxygen atoms in total. The molecule has 2 aliphatic carbocycles. The maximum atomic E-state index is 8.64. The molecule has 1 unspecified atom stereocenters. The lowest BCUT2D eigenvalue weighted by molar-refractivity contribution is -0.00217. The minimum Gasteiger partial charge on any atom is -0.474 e. The van der Waals surface area contributed by atoms with Crippen molar-refractivity contribution in [2.75, 3.05) is 32.0 Å². The summed E-state index contributed by atoms with van der Waals surface area (Å²) in [6, 6.07) is 0.660. The fraction of sp³-hybridized carbons (Fsp3) is 0.762. The molecule has 1 saturated heterocycles. The SMILES string of the molecule is CCCC1CCc2sc(N)c(C(=N)OC3CCC(N4CCOCC4)CC3)c21. The quantitative estimate of drug-likeness (QED) is 0.584. The molecule has 6 heteroatoms. The van der Waals surface area contributed by atoms with Gasteiger partial charge in [-0.05, 0) is 56.4 Å². The van der Waals surface area contributed by atoms with Crippen molar-refractivity contribution in [2.24, 2.45) is 0 Å². The number of anilines is 1. The Balaban J connectivity index is 1.37. The van der Waals surface area contributed by atoms with Crippen molar-refractivity contribution >= 4 is 22.2 Å². The topological polar surface area (TPSA) is 71.6 Å². The standard InChI is InChI=1S/C21H33N3O2S/c1-2-3-14-4-9-17-18(14)19(21(23)27-17)20(22)26-16-7-5-15(6-8-16)24-10-12-25-13-11-24/h14-16,22H,2-13,23H2,1H3. The molecule has 1 aromatic heterocycles. The maximum Gasteiger partial charge on any atom is 0.216 e. The van der Waals surface area contributed by atoms with E-state index in [0.29, 0.717) is 17.9 Å². The largest absolute Gasteiger partial charge is 0.474 e. The monoisotopic (exact) mass is 391 g/mol. The third kappa shape index (κ3) is 4.03. The smallest absolute Gasteiger partial charge is 0.216 e. The molecule has 0 radical (unpaired) electrons. The third-order valence-electron chi connectivity index (χ3n) is 6.53. The molecule has 0 bridgehead atoms. The van der Waals surface area contributed by atoms with Gasteiger partial charge in [0.15, 0.2) is 0 Å². The van der Waals surface area contributed by atoms with Crippen LogP contribution in [0.3, 0.4) is 0 Å². The lowest BCUT2D eigenvalue weighted by Gasteiger charge is -2.38. The molecule has 0 aromatic carbocycles. The number of nitrogens with one attached hydrogen (secondary N) is 1. The Labute approximate surface area is 166 Å². The molecule has 2 fully saturated rings. The van der Waals surface area contributed by atoms with E-state index in [1.165, 1.54) is 29.7 Å². The van der Waals surface area contributed by atoms with E-state index in [9.17, 15) is 0 Å². The van der Waals surface area contributed by atoms with Crippen molar-refractivity contribution in [3.8, 4) is 0 Å². The predicted octanol–water partition coefficient (Wildman–Crippen LogP) is 4.15. The van der Waals surface area contributed by atoms with E-state index in [1.54, 1.807) is 11.3 Å². The van der Waals surface area contributed by atoms with Crippen LogP contribution in [0.2, 0.25) is 0 Å². The molecule has 4 rings (SSSR count). The van der Waals surface area contributed by atoms with Gasteiger partial charge in [-0.2, -0.15) is 0 Å². The number of aryl methyl sites for hydroxylation is 1. The third-order valence-corrected chi connectivity index (χ3v) is 7.63. The average molecular weight is 392 g/mol. The van der Waals surface area contributed by atoms with Crippen molar-refractivity contribution in [1.82, 2.24) is 4.90 Å². The summed E-state index contributed by atoms with van der Waals surface area (Å²) in [6.07, 6.45) is 9.25. The fourth-order valence-electron chi connectivity index (χ4n) is 5.15. The number of thiophene rings is 1. The first kappa shape index (κ1) is 19.2. The first-order valence-electron chi connectivity index (χ1n) is 10.7. The van der Waals surface area contributed by atoms with Crippen LogP contribution in [0.5, 0.6) is 0 Å². The summed E-state index contributed by atoms with van der Waals surface area (Å²) >= 11 is 1.68. The first-order valence-corrected chi connectivity index (χ1v) is 11.5. The van der Waals surface area contributed by atoms with Crippen molar-refractivity contribution in [3.05, 3.63) is 16.0 Å². The van der Waals surface area contributed by atoms with Crippen LogP contribution >= 0.6 is 11.3 Å². The number of morpholine rings is 1. The highest BCUT2D eigenvalue weighted by Crippen LogP contribution is 2.46. The summed E-state index contributed by atoms with van der Waals surface area (Å²) in [7, 11) is 0. The van der Waals surface area contributed by atoms with E-state index in [1.807, 2.05) is 0 Å². The number of ether oxygens (including phenoxy) is 2. The van der Waals surface area contributed by atoms with Crippen LogP contribution < -0.4 is 5.73 Å². The molecule has 3 aliphatic rings. The summed E-state index contributed by atoms with van der Waals surface area (Å²) in [5.41, 5.74) is 8.57. The predicted molar refractivity (Wildman–Crippen MR) is 111 cm³/mol. The second kappa shape index (κ2) is 8.50. The Bertz CT molecular complexity index is 661. The van der Waals surface area contributed by atoms with Crippen molar-refractivity contribution < 1.29 is 9.47 Å². The zero-order valence-corrected chi connectivity index (χ0v) is 17.3. The normalized spacial score (nSPS) is 28.9. The van der Waals surface area contributed by atoms with Gasteiger partial charge in [0.1, 0.15) is 6.10 Å². The Morgan fingerprint density at radius 2 is 1.96 bits per heavy atom. The molecule has 150 valence electrons. The van der Waals surface area contributed by atoms with E-state index < -0.39 is 0 Å². The molecular formula is C21H33N3O2S. The molecule has 0 spiro atoms. The van der Waals surface area contributed by atoms with Gasteiger partial charge < -0.3 is 15.2 Å². The molecule has 1 atom stereocenters. The second-order valence-corrected chi connectivity index (χ2v) is 9.37. The number of nitrogen functional groups attached to an aromatic ring is 1. The highest BCUT2D eigenvalue weighted by molar-refractivity contribution is 7.16. The lowest BCUT2D eigenvalue weighted by Crippen LogP contribution is -2.45. The minimum atomic E-state index is 0.163. The Hall–Kier alpha value is -1.11. The Morgan fingerprint density at radius 1 is 1.22 bits per heavy atom. The molecule has 1 aromatic rings. The maximum absolute atomic E-state index is 8.64. The molecule has 2 heterocycles. The zero-order valence-electron chi connectivity index (χ0n) is 16.5. The second-order valence-electron chi connectivity index (χ2n) is 8.23. The summed E-state index contributed by atoms with van der Waals surface area (Å²) in [5.74, 6) is 0.886. The van der Waals surface area contributed by atoms with Crippen molar-refractivity contribution in [1.29, 1.82) is 5.41 Å². The molecule has 1 saturated carbocycles. The van der Waals surface area contributed by atoms with Gasteiger partial charge in [-0.3, -0.25) is 10.3 Å². The fourth-order valence-corrected chi connectivity index (χ4v) is 6.31. The van der Waals surface area contributed by atoms with Crippen LogP contribution in [0.15, 0.2) is 0 Å². The highest BCUT2D eigenvalue weighted by Gasteiger charge is 2.33. The summed E-state index contributed by atoms with van der Waals surface area (Å²) in [5, 5.41) is 9.42. The van der Waals surface area contributed by atoms with Gasteiger partial charge in [0.25, 0.3) is 0 Å². The van der Waals surface area contributed by atoms with Crippen LogP contribution in [0, 0.1) is 5.41 Å². The van der Waals surface area contributed by atoms with Crippen LogP contribution in [-0.2, 0) is 15.9 Å². The van der Waals surface area contributed by atoms with Gasteiger partial charge in [0, 0.05) is 24.0 Å². The van der Waals surface area contributed by atoms with E-state index >= 15 is 0 Å². The lowest BCUT2D eigenvalue weighted by atomic mass is 9.91. The van der Waals surface area contributed by atoms with E-state index in [4.69, 9.17) is 20.6 Å². The summed E-state index contributed by atoms with van der Waals surface area (Å²) in [4.78, 5) is 3.97. The Kier molecular flexibility index (Phi) is 6.05. The number of hydrogen-bond acceptors (Lipinski definition) is 6. The van der Waals surface area contributed by atoms with Crippen LogP contribution in [0.1, 0.15) is 73.8 Å². The molecular weight excluding hydrogens is 358 g/mol. The summed E-state index contributed by atoms with van der Waals surface area (Å²) < 4.78 is 11.6. The number of nitrogens with two attached hydrogens (primary N) is 1. The van der Waals surface area contributed by atoms with E-state index in [2.05, 4.69) is 11.8 Å². The van der Waals surface area contributed by atoms with E-state index in [-0.39, 0.29) is 6.10 Å². The van der Waals surface area contributed by atoms with Gasteiger partial charge in [0.05, 0.1) is 23.8 Å². The van der Waals surface area contributed by atoms with Crippen LogP contribution in [0.4, 0.5) is 5.00 Å².